The van der Waals surface area contributed by atoms with Gasteiger partial charge in [0, 0.05) is 16.6 Å². The van der Waals surface area contributed by atoms with Crippen LogP contribution >= 0.6 is 15.9 Å². The van der Waals surface area contributed by atoms with Gasteiger partial charge in [-0.05, 0) is 30.2 Å². The lowest BCUT2D eigenvalue weighted by Gasteiger charge is -2.18. The summed E-state index contributed by atoms with van der Waals surface area (Å²) in [6, 6.07) is 15.5. The van der Waals surface area contributed by atoms with Crippen molar-refractivity contribution < 1.29 is 4.79 Å². The number of anilines is 1. The number of halogens is 1. The summed E-state index contributed by atoms with van der Waals surface area (Å²) in [6.45, 7) is 4.92. The fraction of sp³-hybridized carbons (Fsp3) is 0.222. The van der Waals surface area contributed by atoms with E-state index >= 15 is 0 Å². The zero-order chi connectivity index (χ0) is 15.7. The highest BCUT2D eigenvalue weighted by Crippen LogP contribution is 2.31. The standard InChI is InChI=1S/C18H17BrN2O/c1-12(2)11-21-16-9-4-3-8-15(16)17(18(21)22)20-14-7-5-6-13(19)10-14/h3-10,12H,11H2,1-2H3. The molecule has 0 spiro atoms. The fourth-order valence-electron chi connectivity index (χ4n) is 2.59. The smallest absolute Gasteiger partial charge is 0.277 e. The van der Waals surface area contributed by atoms with Crippen LogP contribution in [0.3, 0.4) is 0 Å². The maximum atomic E-state index is 12.8. The van der Waals surface area contributed by atoms with Crippen molar-refractivity contribution in [1.82, 2.24) is 0 Å². The number of para-hydroxylation sites is 1. The third-order valence-corrected chi connectivity index (χ3v) is 3.99. The topological polar surface area (TPSA) is 32.7 Å². The van der Waals surface area contributed by atoms with Crippen LogP contribution in [0.5, 0.6) is 0 Å². The third kappa shape index (κ3) is 2.83. The van der Waals surface area contributed by atoms with Gasteiger partial charge in [0.2, 0.25) is 0 Å². The highest BCUT2D eigenvalue weighted by atomic mass is 79.9. The van der Waals surface area contributed by atoms with Crippen molar-refractivity contribution in [3.05, 3.63) is 58.6 Å². The molecule has 112 valence electrons. The van der Waals surface area contributed by atoms with E-state index in [4.69, 9.17) is 0 Å². The van der Waals surface area contributed by atoms with E-state index in [-0.39, 0.29) is 5.91 Å². The molecular weight excluding hydrogens is 340 g/mol. The first-order valence-electron chi connectivity index (χ1n) is 7.32. The van der Waals surface area contributed by atoms with E-state index < -0.39 is 0 Å². The molecule has 0 atom stereocenters. The van der Waals surface area contributed by atoms with E-state index in [2.05, 4.69) is 34.8 Å². The molecule has 3 nitrogen and oxygen atoms in total. The van der Waals surface area contributed by atoms with Gasteiger partial charge in [-0.2, -0.15) is 0 Å². The quantitative estimate of drug-likeness (QED) is 0.792. The predicted octanol–water partition coefficient (Wildman–Crippen LogP) is 4.57. The van der Waals surface area contributed by atoms with Crippen LogP contribution in [-0.4, -0.2) is 18.2 Å². The Morgan fingerprint density at radius 3 is 2.64 bits per heavy atom. The Morgan fingerprint density at radius 2 is 1.91 bits per heavy atom. The second kappa shape index (κ2) is 6.05. The van der Waals surface area contributed by atoms with Gasteiger partial charge in [-0.25, -0.2) is 4.99 Å². The normalized spacial score (nSPS) is 15.7. The van der Waals surface area contributed by atoms with Crippen LogP contribution in [0.1, 0.15) is 19.4 Å². The number of fused-ring (bicyclic) bond motifs is 1. The molecule has 1 aliphatic rings. The molecular formula is C18H17BrN2O. The Balaban J connectivity index is 2.07. The highest BCUT2D eigenvalue weighted by molar-refractivity contribution is 9.10. The average molecular weight is 357 g/mol. The Labute approximate surface area is 138 Å². The molecule has 0 unspecified atom stereocenters. The van der Waals surface area contributed by atoms with Crippen LogP contribution in [0.2, 0.25) is 0 Å². The Hall–Kier alpha value is -1.94. The minimum atomic E-state index is -0.0186. The van der Waals surface area contributed by atoms with Crippen LogP contribution < -0.4 is 4.90 Å². The van der Waals surface area contributed by atoms with Crippen LogP contribution in [0.15, 0.2) is 58.0 Å². The number of benzene rings is 2. The summed E-state index contributed by atoms with van der Waals surface area (Å²) in [7, 11) is 0. The maximum absolute atomic E-state index is 12.8. The number of carbonyl (C=O) groups excluding carboxylic acids is 1. The minimum Gasteiger partial charge on any atom is -0.306 e. The van der Waals surface area contributed by atoms with Gasteiger partial charge >= 0.3 is 0 Å². The van der Waals surface area contributed by atoms with E-state index in [0.29, 0.717) is 18.2 Å². The van der Waals surface area contributed by atoms with Crippen molar-refractivity contribution in [3.63, 3.8) is 0 Å². The molecule has 0 aliphatic carbocycles. The van der Waals surface area contributed by atoms with E-state index in [0.717, 1.165) is 21.4 Å². The molecule has 0 aromatic heterocycles. The number of nitrogens with zero attached hydrogens (tertiary/aromatic N) is 2. The zero-order valence-electron chi connectivity index (χ0n) is 12.6. The molecule has 3 rings (SSSR count). The summed E-state index contributed by atoms with van der Waals surface area (Å²) in [5.41, 5.74) is 3.16. The summed E-state index contributed by atoms with van der Waals surface area (Å²) in [5, 5.41) is 0. The molecule has 0 saturated carbocycles. The van der Waals surface area contributed by atoms with Crippen molar-refractivity contribution in [2.24, 2.45) is 10.9 Å². The van der Waals surface area contributed by atoms with Gasteiger partial charge in [-0.3, -0.25) is 4.79 Å². The molecule has 0 N–H and O–H groups in total. The number of hydrogen-bond acceptors (Lipinski definition) is 2. The molecule has 0 saturated heterocycles. The number of carbonyl (C=O) groups is 1. The lowest BCUT2D eigenvalue weighted by molar-refractivity contribution is -0.112. The highest BCUT2D eigenvalue weighted by Gasteiger charge is 2.33. The second-order valence-electron chi connectivity index (χ2n) is 5.77. The molecule has 0 fully saturated rings. The molecule has 1 heterocycles. The van der Waals surface area contributed by atoms with E-state index in [1.54, 1.807) is 0 Å². The molecule has 22 heavy (non-hydrogen) atoms. The second-order valence-corrected chi connectivity index (χ2v) is 6.68. The van der Waals surface area contributed by atoms with Crippen molar-refractivity contribution in [2.45, 2.75) is 13.8 Å². The molecule has 2 aromatic carbocycles. The maximum Gasteiger partial charge on any atom is 0.277 e. The van der Waals surface area contributed by atoms with Gasteiger partial charge in [0.25, 0.3) is 5.91 Å². The van der Waals surface area contributed by atoms with Gasteiger partial charge in [0.1, 0.15) is 5.71 Å². The summed E-state index contributed by atoms with van der Waals surface area (Å²) < 4.78 is 0.951. The Kier molecular flexibility index (Phi) is 4.12. The molecule has 2 aromatic rings. The summed E-state index contributed by atoms with van der Waals surface area (Å²) in [5.74, 6) is 0.386. The summed E-state index contributed by atoms with van der Waals surface area (Å²) in [6.07, 6.45) is 0. The van der Waals surface area contributed by atoms with E-state index in [9.17, 15) is 4.79 Å². The van der Waals surface area contributed by atoms with E-state index in [1.165, 1.54) is 0 Å². The van der Waals surface area contributed by atoms with Gasteiger partial charge in [0.05, 0.1) is 11.4 Å². The lowest BCUT2D eigenvalue weighted by Crippen LogP contribution is -2.33. The number of hydrogen-bond donors (Lipinski definition) is 0. The van der Waals surface area contributed by atoms with Gasteiger partial charge in [0.15, 0.2) is 0 Å². The Bertz CT molecular complexity index is 752. The third-order valence-electron chi connectivity index (χ3n) is 3.49. The number of aliphatic imine (C=N–C) groups is 1. The lowest BCUT2D eigenvalue weighted by atomic mass is 10.1. The zero-order valence-corrected chi connectivity index (χ0v) is 14.2. The van der Waals surface area contributed by atoms with Crippen LogP contribution in [0.25, 0.3) is 0 Å². The van der Waals surface area contributed by atoms with Crippen molar-refractivity contribution in [2.75, 3.05) is 11.4 Å². The molecule has 1 amide bonds. The largest absolute Gasteiger partial charge is 0.306 e. The van der Waals surface area contributed by atoms with Crippen LogP contribution in [-0.2, 0) is 4.79 Å². The SMILES string of the molecule is CC(C)CN1C(=O)C(=Nc2cccc(Br)c2)c2ccccc21. The molecule has 1 aliphatic heterocycles. The first-order valence-corrected chi connectivity index (χ1v) is 8.11. The van der Waals surface area contributed by atoms with E-state index in [1.807, 2.05) is 53.4 Å². The predicted molar refractivity (Wildman–Crippen MR) is 94.0 cm³/mol. The first-order chi connectivity index (χ1) is 10.6. The van der Waals surface area contributed by atoms with Crippen LogP contribution in [0, 0.1) is 5.92 Å². The average Bonchev–Trinajstić information content (AvgIpc) is 2.73. The number of amides is 1. The van der Waals surface area contributed by atoms with Gasteiger partial charge in [-0.1, -0.05) is 54.0 Å². The minimum absolute atomic E-state index is 0.0186. The monoisotopic (exact) mass is 356 g/mol. The summed E-state index contributed by atoms with van der Waals surface area (Å²) in [4.78, 5) is 19.2. The molecule has 0 bridgehead atoms. The fourth-order valence-corrected chi connectivity index (χ4v) is 2.98. The van der Waals surface area contributed by atoms with Crippen molar-refractivity contribution in [3.8, 4) is 0 Å². The van der Waals surface area contributed by atoms with Gasteiger partial charge < -0.3 is 4.90 Å². The summed E-state index contributed by atoms with van der Waals surface area (Å²) >= 11 is 3.44. The van der Waals surface area contributed by atoms with Gasteiger partial charge in [-0.15, -0.1) is 0 Å². The number of rotatable bonds is 3. The van der Waals surface area contributed by atoms with Crippen molar-refractivity contribution >= 4 is 38.9 Å². The van der Waals surface area contributed by atoms with Crippen molar-refractivity contribution in [1.29, 1.82) is 0 Å². The first kappa shape index (κ1) is 15.0. The van der Waals surface area contributed by atoms with Crippen LogP contribution in [0.4, 0.5) is 11.4 Å². The molecule has 0 radical (unpaired) electrons. The Morgan fingerprint density at radius 1 is 1.14 bits per heavy atom. The molecule has 4 heteroatoms.